The Morgan fingerprint density at radius 1 is 1.12 bits per heavy atom. The fourth-order valence-corrected chi connectivity index (χ4v) is 4.18. The quantitative estimate of drug-likeness (QED) is 0.123. The van der Waals surface area contributed by atoms with Crippen LogP contribution in [-0.2, 0) is 9.53 Å². The molecule has 9 heteroatoms. The summed E-state index contributed by atoms with van der Waals surface area (Å²) >= 11 is 0. The van der Waals surface area contributed by atoms with E-state index in [4.69, 9.17) is 9.47 Å². The van der Waals surface area contributed by atoms with Crippen molar-refractivity contribution in [2.45, 2.75) is 53.5 Å². The van der Waals surface area contributed by atoms with Crippen LogP contribution in [0, 0.1) is 0 Å². The minimum absolute atomic E-state index is 0.298. The van der Waals surface area contributed by atoms with Crippen LogP contribution in [0.25, 0.3) is 0 Å². The number of likely N-dealkylation sites (tertiary alicyclic amines) is 1. The molecule has 1 aliphatic heterocycles. The Morgan fingerprint density at radius 3 is 2.48 bits per heavy atom. The van der Waals surface area contributed by atoms with Crippen molar-refractivity contribution < 1.29 is 18.7 Å². The number of carbonyl (C=O) groups is 1. The van der Waals surface area contributed by atoms with Gasteiger partial charge in [-0.1, -0.05) is 33.4 Å². The molecule has 0 bridgehead atoms. The zero-order valence-electron chi connectivity index (χ0n) is 25.8. The van der Waals surface area contributed by atoms with Crippen LogP contribution in [0.1, 0.15) is 47.5 Å². The molecule has 0 radical (unpaired) electrons. The van der Waals surface area contributed by atoms with Gasteiger partial charge in [0.15, 0.2) is 5.76 Å². The molecule has 1 atom stereocenters. The van der Waals surface area contributed by atoms with Gasteiger partial charge in [0.1, 0.15) is 24.0 Å². The number of ether oxygens (including phenoxy) is 2. The summed E-state index contributed by atoms with van der Waals surface area (Å²) in [6, 6.07) is 15.5. The first-order chi connectivity index (χ1) is 20.3. The third kappa shape index (κ3) is 11.0. The van der Waals surface area contributed by atoms with E-state index in [-0.39, 0.29) is 12.6 Å². The summed E-state index contributed by atoms with van der Waals surface area (Å²) in [6.45, 7) is 15.3. The Kier molecular flexibility index (Phi) is 14.9. The first-order valence-corrected chi connectivity index (χ1v) is 14.5. The second kappa shape index (κ2) is 18.3. The minimum Gasteiger partial charge on any atom is -0.492 e. The molecule has 42 heavy (non-hydrogen) atoms. The molecule has 1 unspecified atom stereocenters. The average molecular weight is 580 g/mol. The molecule has 0 saturated carbocycles. The summed E-state index contributed by atoms with van der Waals surface area (Å²) < 4.78 is 24.1. The van der Waals surface area contributed by atoms with Gasteiger partial charge in [-0.25, -0.2) is 9.38 Å². The highest BCUT2D eigenvalue weighted by molar-refractivity contribution is 5.98. The molecule has 1 aliphatic rings. The van der Waals surface area contributed by atoms with Crippen molar-refractivity contribution in [1.29, 1.82) is 0 Å². The van der Waals surface area contributed by atoms with E-state index in [1.807, 2.05) is 45.0 Å². The smallest absolute Gasteiger partial charge is 0.247 e. The summed E-state index contributed by atoms with van der Waals surface area (Å²) in [7, 11) is 1.56. The highest BCUT2D eigenvalue weighted by atomic mass is 19.1. The van der Waals surface area contributed by atoms with Crippen molar-refractivity contribution >= 4 is 29.2 Å². The summed E-state index contributed by atoms with van der Waals surface area (Å²) in [5.41, 5.74) is 3.62. The molecule has 1 fully saturated rings. The molecule has 0 aliphatic carbocycles. The number of nitrogens with one attached hydrogen (secondary N) is 3. The van der Waals surface area contributed by atoms with E-state index in [9.17, 15) is 9.18 Å². The summed E-state index contributed by atoms with van der Waals surface area (Å²) in [5, 5.41) is 9.67. The van der Waals surface area contributed by atoms with Gasteiger partial charge < -0.3 is 25.4 Å². The second-order valence-corrected chi connectivity index (χ2v) is 9.51. The van der Waals surface area contributed by atoms with E-state index in [1.165, 1.54) is 6.08 Å². The van der Waals surface area contributed by atoms with E-state index in [0.717, 1.165) is 48.7 Å². The number of allylic oxidation sites excluding steroid dienone is 3. The van der Waals surface area contributed by atoms with Crippen molar-refractivity contribution in [3.8, 4) is 5.75 Å². The normalized spacial score (nSPS) is 16.0. The van der Waals surface area contributed by atoms with E-state index >= 15 is 0 Å². The number of alkyl halides is 1. The lowest BCUT2D eigenvalue weighted by Gasteiger charge is -2.17. The first-order valence-electron chi connectivity index (χ1n) is 14.5. The molecule has 0 spiro atoms. The molecule has 2 aromatic rings. The van der Waals surface area contributed by atoms with Crippen LogP contribution in [0.2, 0.25) is 0 Å². The Bertz CT molecular complexity index is 1240. The topological polar surface area (TPSA) is 87.2 Å². The minimum atomic E-state index is -0.304. The largest absolute Gasteiger partial charge is 0.492 e. The van der Waals surface area contributed by atoms with Crippen molar-refractivity contribution in [2.75, 3.05) is 49.4 Å². The Balaban J connectivity index is 0.00000301. The number of halogens is 1. The van der Waals surface area contributed by atoms with Crippen LogP contribution in [0.15, 0.2) is 89.1 Å². The molecule has 1 amide bonds. The van der Waals surface area contributed by atoms with Gasteiger partial charge in [-0.15, -0.1) is 0 Å². The van der Waals surface area contributed by atoms with E-state index in [2.05, 4.69) is 39.3 Å². The zero-order valence-corrected chi connectivity index (χ0v) is 25.8. The number of amides is 1. The second-order valence-electron chi connectivity index (χ2n) is 9.51. The molecule has 3 rings (SSSR count). The maximum atomic E-state index is 12.6. The SMILES string of the molecule is C=CC(=O)Nc1cccc(O/C(C)=C(/C=N\C(Nc2ccc(NC3CCN(CCF)C3)cc2)=C(/C)CC)OC)c1.CC. The van der Waals surface area contributed by atoms with Crippen LogP contribution in [-0.4, -0.2) is 56.5 Å². The van der Waals surface area contributed by atoms with Gasteiger partial charge in [0.2, 0.25) is 5.91 Å². The number of hydrogen-bond donors (Lipinski definition) is 3. The van der Waals surface area contributed by atoms with Gasteiger partial charge in [-0.3, -0.25) is 9.69 Å². The fourth-order valence-electron chi connectivity index (χ4n) is 4.18. The lowest BCUT2D eigenvalue weighted by molar-refractivity contribution is -0.111. The van der Waals surface area contributed by atoms with Crippen LogP contribution in [0.5, 0.6) is 5.75 Å². The molecule has 1 saturated heterocycles. The lowest BCUT2D eigenvalue weighted by atomic mass is 10.2. The van der Waals surface area contributed by atoms with Crippen molar-refractivity contribution in [2.24, 2.45) is 4.99 Å². The number of anilines is 3. The summed E-state index contributed by atoms with van der Waals surface area (Å²) in [4.78, 5) is 18.4. The predicted octanol–water partition coefficient (Wildman–Crippen LogP) is 7.37. The number of aliphatic imine (C=N–C) groups is 1. The molecule has 3 N–H and O–H groups in total. The summed E-state index contributed by atoms with van der Waals surface area (Å²) in [6.07, 6.45) is 4.66. The average Bonchev–Trinajstić information content (AvgIpc) is 3.45. The van der Waals surface area contributed by atoms with Gasteiger partial charge in [-0.05, 0) is 74.7 Å². The third-order valence-electron chi connectivity index (χ3n) is 6.56. The van der Waals surface area contributed by atoms with Gasteiger partial charge in [0, 0.05) is 48.8 Å². The van der Waals surface area contributed by atoms with Crippen LogP contribution in [0.3, 0.4) is 0 Å². The van der Waals surface area contributed by atoms with Crippen molar-refractivity contribution in [3.05, 3.63) is 84.1 Å². The van der Waals surface area contributed by atoms with Crippen LogP contribution in [0.4, 0.5) is 21.5 Å². The Morgan fingerprint density at radius 2 is 1.83 bits per heavy atom. The third-order valence-corrected chi connectivity index (χ3v) is 6.56. The molecule has 1 heterocycles. The Hall–Kier alpha value is -4.11. The molecule has 0 aromatic heterocycles. The Labute approximate surface area is 250 Å². The maximum absolute atomic E-state index is 12.6. The first kappa shape index (κ1) is 34.1. The molecule has 2 aromatic carbocycles. The van der Waals surface area contributed by atoms with Gasteiger partial charge in [0.05, 0.1) is 13.3 Å². The molecule has 228 valence electrons. The molecular weight excluding hydrogens is 533 g/mol. The number of carbonyl (C=O) groups excluding carboxylic acids is 1. The van der Waals surface area contributed by atoms with Crippen LogP contribution >= 0.6 is 0 Å². The zero-order chi connectivity index (χ0) is 30.9. The summed E-state index contributed by atoms with van der Waals surface area (Å²) in [5.74, 6) is 1.94. The number of methoxy groups -OCH3 is 1. The highest BCUT2D eigenvalue weighted by Gasteiger charge is 2.21. The van der Waals surface area contributed by atoms with Crippen molar-refractivity contribution in [1.82, 2.24) is 4.90 Å². The highest BCUT2D eigenvalue weighted by Crippen LogP contribution is 2.23. The number of nitrogens with zero attached hydrogens (tertiary/aromatic N) is 2. The maximum Gasteiger partial charge on any atom is 0.247 e. The van der Waals surface area contributed by atoms with Crippen LogP contribution < -0.4 is 20.7 Å². The van der Waals surface area contributed by atoms with E-state index in [1.54, 1.807) is 44.5 Å². The number of benzene rings is 2. The predicted molar refractivity (Wildman–Crippen MR) is 173 cm³/mol. The number of hydrogen-bond acceptors (Lipinski definition) is 7. The van der Waals surface area contributed by atoms with Crippen molar-refractivity contribution in [3.63, 3.8) is 0 Å². The van der Waals surface area contributed by atoms with Gasteiger partial charge >= 0.3 is 0 Å². The van der Waals surface area contributed by atoms with Gasteiger partial charge in [-0.2, -0.15) is 0 Å². The van der Waals surface area contributed by atoms with E-state index < -0.39 is 0 Å². The fraction of sp³-hybridized carbons (Fsp3) is 0.394. The standard InChI is InChI=1S/C31H40FN5O3.C2H6/c1-6-22(3)31(36-25-13-11-24(12-14-25)34-27-15-17-37(21-27)18-16-32)33-20-29(39-5)23(4)40-28-10-8-9-26(19-28)35-30(38)7-2;1-2/h7-14,19-20,27,34,36H,2,6,15-18,21H2,1,3-5H3,(H,35,38);1-2H3/b29-23-,31-22-,33-20-;. The number of rotatable bonds is 14. The monoisotopic (exact) mass is 579 g/mol. The van der Waals surface area contributed by atoms with Gasteiger partial charge in [0.25, 0.3) is 0 Å². The lowest BCUT2D eigenvalue weighted by Crippen LogP contribution is -2.27. The molecule has 8 nitrogen and oxygen atoms in total. The molecular formula is C33H46FN5O3. The van der Waals surface area contributed by atoms with E-state index in [0.29, 0.717) is 35.5 Å².